The number of imidazole rings is 1. The Balaban J connectivity index is 2.08. The molecule has 4 nitrogen and oxygen atoms in total. The van der Waals surface area contributed by atoms with Gasteiger partial charge in [0.2, 0.25) is 15.0 Å². The van der Waals surface area contributed by atoms with Crippen LogP contribution in [-0.4, -0.2) is 18.0 Å². The summed E-state index contributed by atoms with van der Waals surface area (Å²) in [5.41, 5.74) is 1.81. The number of rotatable bonds is 4. The second-order valence-electron chi connectivity index (χ2n) is 6.94. The molecule has 6 heteroatoms. The van der Waals surface area contributed by atoms with E-state index in [1.807, 2.05) is 18.4 Å². The molecule has 1 heterocycles. The van der Waals surface area contributed by atoms with Crippen LogP contribution in [0.5, 0.6) is 0 Å². The standard InChI is InChI=1S/C19H25FN2O2S/c1-13-14(2)22(16-9-5-4-6-10-16)19(21-13)25(23,24)15(3)17-11-7-8-12-18(17)20/h7-8,11-12,15-16H,4-6,9-10H2,1-3H3. The number of benzene rings is 1. The molecule has 1 unspecified atom stereocenters. The Morgan fingerprint density at radius 3 is 2.44 bits per heavy atom. The summed E-state index contributed by atoms with van der Waals surface area (Å²) >= 11 is 0. The van der Waals surface area contributed by atoms with Gasteiger partial charge in [-0.05, 0) is 39.7 Å². The normalized spacial score (nSPS) is 17.6. The molecule has 0 spiro atoms. The number of nitrogens with zero attached hydrogens (tertiary/aromatic N) is 2. The summed E-state index contributed by atoms with van der Waals surface area (Å²) < 4.78 is 42.6. The lowest BCUT2D eigenvalue weighted by Crippen LogP contribution is -2.22. The first-order valence-electron chi connectivity index (χ1n) is 8.87. The van der Waals surface area contributed by atoms with Gasteiger partial charge in [0.05, 0.1) is 10.9 Å². The van der Waals surface area contributed by atoms with Gasteiger partial charge in [-0.3, -0.25) is 0 Å². The van der Waals surface area contributed by atoms with Crippen LogP contribution in [0.15, 0.2) is 29.4 Å². The monoisotopic (exact) mass is 364 g/mol. The Hall–Kier alpha value is -1.69. The third kappa shape index (κ3) is 3.24. The molecule has 1 atom stereocenters. The van der Waals surface area contributed by atoms with Crippen molar-refractivity contribution in [3.63, 3.8) is 0 Å². The Morgan fingerprint density at radius 2 is 1.80 bits per heavy atom. The molecule has 0 bridgehead atoms. The third-order valence-corrected chi connectivity index (χ3v) is 7.34. The van der Waals surface area contributed by atoms with Crippen molar-refractivity contribution in [2.24, 2.45) is 0 Å². The quantitative estimate of drug-likeness (QED) is 0.791. The number of halogens is 1. The minimum Gasteiger partial charge on any atom is -0.316 e. The van der Waals surface area contributed by atoms with E-state index in [2.05, 4.69) is 4.98 Å². The number of aryl methyl sites for hydroxylation is 1. The summed E-state index contributed by atoms with van der Waals surface area (Å²) in [6.45, 7) is 5.30. The maximum Gasteiger partial charge on any atom is 0.228 e. The van der Waals surface area contributed by atoms with E-state index in [1.165, 1.54) is 25.5 Å². The average Bonchev–Trinajstić information content (AvgIpc) is 2.91. The van der Waals surface area contributed by atoms with Crippen molar-refractivity contribution in [1.82, 2.24) is 9.55 Å². The van der Waals surface area contributed by atoms with E-state index < -0.39 is 20.9 Å². The molecule has 1 saturated carbocycles. The predicted octanol–water partition coefficient (Wildman–Crippen LogP) is 4.68. The van der Waals surface area contributed by atoms with Gasteiger partial charge in [-0.1, -0.05) is 37.5 Å². The fourth-order valence-corrected chi connectivity index (χ4v) is 5.36. The lowest BCUT2D eigenvalue weighted by molar-refractivity contribution is 0.329. The van der Waals surface area contributed by atoms with E-state index in [1.54, 1.807) is 12.1 Å². The zero-order valence-corrected chi connectivity index (χ0v) is 15.8. The molecular weight excluding hydrogens is 339 g/mol. The SMILES string of the molecule is Cc1nc(S(=O)(=O)C(C)c2ccccc2F)n(C2CCCCC2)c1C. The van der Waals surface area contributed by atoms with Gasteiger partial charge in [0.15, 0.2) is 0 Å². The molecule has 0 amide bonds. The van der Waals surface area contributed by atoms with E-state index in [4.69, 9.17) is 0 Å². The Kier molecular flexibility index (Phi) is 5.00. The fraction of sp³-hybridized carbons (Fsp3) is 0.526. The van der Waals surface area contributed by atoms with Gasteiger partial charge in [0.1, 0.15) is 5.82 Å². The van der Waals surface area contributed by atoms with Crippen LogP contribution >= 0.6 is 0 Å². The highest BCUT2D eigenvalue weighted by atomic mass is 32.2. The van der Waals surface area contributed by atoms with Crippen LogP contribution in [0.1, 0.15) is 67.3 Å². The lowest BCUT2D eigenvalue weighted by Gasteiger charge is -2.26. The van der Waals surface area contributed by atoms with Crippen LogP contribution in [0.4, 0.5) is 4.39 Å². The van der Waals surface area contributed by atoms with E-state index in [-0.39, 0.29) is 16.8 Å². The lowest BCUT2D eigenvalue weighted by atomic mass is 9.95. The van der Waals surface area contributed by atoms with Gasteiger partial charge in [0.25, 0.3) is 0 Å². The number of hydrogen-bond acceptors (Lipinski definition) is 3. The predicted molar refractivity (Wildman–Crippen MR) is 95.8 cm³/mol. The molecule has 136 valence electrons. The Bertz CT molecular complexity index is 868. The maximum absolute atomic E-state index is 14.1. The highest BCUT2D eigenvalue weighted by Crippen LogP contribution is 2.36. The number of aromatic nitrogens is 2. The van der Waals surface area contributed by atoms with Gasteiger partial charge in [0, 0.05) is 17.3 Å². The van der Waals surface area contributed by atoms with Crippen molar-refractivity contribution in [1.29, 1.82) is 0 Å². The molecule has 1 aromatic heterocycles. The molecule has 1 aromatic carbocycles. The van der Waals surface area contributed by atoms with Crippen molar-refractivity contribution in [2.45, 2.75) is 69.3 Å². The van der Waals surface area contributed by atoms with Gasteiger partial charge in [-0.2, -0.15) is 0 Å². The molecule has 1 aliphatic carbocycles. The first kappa shape index (κ1) is 18.1. The molecule has 0 N–H and O–H groups in total. The van der Waals surface area contributed by atoms with Crippen molar-refractivity contribution in [3.8, 4) is 0 Å². The Morgan fingerprint density at radius 1 is 1.16 bits per heavy atom. The summed E-state index contributed by atoms with van der Waals surface area (Å²) in [5, 5.41) is -0.887. The van der Waals surface area contributed by atoms with Crippen molar-refractivity contribution < 1.29 is 12.8 Å². The third-order valence-electron chi connectivity index (χ3n) is 5.36. The molecule has 0 saturated heterocycles. The summed E-state index contributed by atoms with van der Waals surface area (Å²) in [5.74, 6) is -0.497. The minimum atomic E-state index is -3.78. The van der Waals surface area contributed by atoms with E-state index in [0.29, 0.717) is 0 Å². The highest BCUT2D eigenvalue weighted by Gasteiger charge is 2.34. The maximum atomic E-state index is 14.1. The van der Waals surface area contributed by atoms with Gasteiger partial charge in [-0.15, -0.1) is 0 Å². The highest BCUT2D eigenvalue weighted by molar-refractivity contribution is 7.91. The Labute approximate surface area is 149 Å². The minimum absolute atomic E-state index is 0.0881. The smallest absolute Gasteiger partial charge is 0.228 e. The second kappa shape index (κ2) is 6.90. The van der Waals surface area contributed by atoms with Gasteiger partial charge >= 0.3 is 0 Å². The van der Waals surface area contributed by atoms with Crippen LogP contribution in [0, 0.1) is 19.7 Å². The van der Waals surface area contributed by atoms with Crippen LogP contribution in [0.2, 0.25) is 0 Å². The molecular formula is C19H25FN2O2S. The zero-order valence-electron chi connectivity index (χ0n) is 15.0. The summed E-state index contributed by atoms with van der Waals surface area (Å²) in [6.07, 6.45) is 5.32. The summed E-state index contributed by atoms with van der Waals surface area (Å²) in [7, 11) is -3.78. The van der Waals surface area contributed by atoms with E-state index >= 15 is 0 Å². The largest absolute Gasteiger partial charge is 0.316 e. The molecule has 1 aliphatic rings. The molecule has 0 aliphatic heterocycles. The van der Waals surface area contributed by atoms with Crippen molar-refractivity contribution >= 4 is 9.84 Å². The first-order valence-corrected chi connectivity index (χ1v) is 10.4. The van der Waals surface area contributed by atoms with Crippen molar-refractivity contribution in [3.05, 3.63) is 47.0 Å². The second-order valence-corrected chi connectivity index (χ2v) is 9.10. The number of sulfone groups is 1. The van der Waals surface area contributed by atoms with E-state index in [9.17, 15) is 12.8 Å². The summed E-state index contributed by atoms with van der Waals surface area (Å²) in [6, 6.07) is 6.22. The topological polar surface area (TPSA) is 52.0 Å². The zero-order chi connectivity index (χ0) is 18.2. The molecule has 3 rings (SSSR count). The number of hydrogen-bond donors (Lipinski definition) is 0. The average molecular weight is 364 g/mol. The van der Waals surface area contributed by atoms with E-state index in [0.717, 1.165) is 37.1 Å². The van der Waals surface area contributed by atoms with Gasteiger partial charge < -0.3 is 4.57 Å². The fourth-order valence-electron chi connectivity index (χ4n) is 3.70. The molecule has 2 aromatic rings. The molecule has 25 heavy (non-hydrogen) atoms. The first-order chi connectivity index (χ1) is 11.8. The van der Waals surface area contributed by atoms with Crippen LogP contribution in [-0.2, 0) is 9.84 Å². The van der Waals surface area contributed by atoms with Crippen LogP contribution in [0.25, 0.3) is 0 Å². The summed E-state index contributed by atoms with van der Waals surface area (Å²) in [4.78, 5) is 4.39. The van der Waals surface area contributed by atoms with Crippen molar-refractivity contribution in [2.75, 3.05) is 0 Å². The molecule has 1 fully saturated rings. The molecule has 0 radical (unpaired) electrons. The van der Waals surface area contributed by atoms with Crippen LogP contribution < -0.4 is 0 Å². The van der Waals surface area contributed by atoms with Crippen LogP contribution in [0.3, 0.4) is 0 Å². The van der Waals surface area contributed by atoms with Gasteiger partial charge in [-0.25, -0.2) is 17.8 Å².